The number of hydrogen-bond acceptors (Lipinski definition) is 6. The molecule has 1 atom stereocenters. The third-order valence-electron chi connectivity index (χ3n) is 4.81. The number of nitrogens with one attached hydrogen (secondary N) is 2. The van der Waals surface area contributed by atoms with E-state index in [4.69, 9.17) is 5.73 Å². The minimum Gasteiger partial charge on any atom is -0.368 e. The van der Waals surface area contributed by atoms with Gasteiger partial charge in [-0.25, -0.2) is 4.98 Å². The van der Waals surface area contributed by atoms with E-state index in [9.17, 15) is 4.79 Å². The van der Waals surface area contributed by atoms with Crippen LogP contribution >= 0.6 is 24.2 Å². The first-order valence-electron chi connectivity index (χ1n) is 8.93. The van der Waals surface area contributed by atoms with Crippen molar-refractivity contribution in [3.8, 4) is 0 Å². The van der Waals surface area contributed by atoms with Gasteiger partial charge in [0, 0.05) is 48.8 Å². The molecule has 0 bridgehead atoms. The summed E-state index contributed by atoms with van der Waals surface area (Å²) in [5.74, 6) is -0.195. The minimum atomic E-state index is -0.195. The maximum Gasteiger partial charge on any atom is 0.257 e. The van der Waals surface area contributed by atoms with E-state index in [2.05, 4.69) is 25.2 Å². The van der Waals surface area contributed by atoms with Crippen molar-refractivity contribution in [3.05, 3.63) is 42.5 Å². The van der Waals surface area contributed by atoms with Crippen LogP contribution in [0.25, 0.3) is 11.0 Å². The first kappa shape index (κ1) is 20.4. The molecule has 4 heterocycles. The second kappa shape index (κ2) is 8.81. The number of nitrogens with two attached hydrogens (primary N) is 1. The highest BCUT2D eigenvalue weighted by molar-refractivity contribution is 7.98. The fraction of sp³-hybridized carbons (Fsp3) is 0.316. The van der Waals surface area contributed by atoms with Gasteiger partial charge in [0.05, 0.1) is 22.3 Å². The second-order valence-corrected chi connectivity index (χ2v) is 7.49. The third kappa shape index (κ3) is 3.94. The van der Waals surface area contributed by atoms with Crippen LogP contribution in [-0.4, -0.2) is 46.2 Å². The third-order valence-corrected chi connectivity index (χ3v) is 5.54. The van der Waals surface area contributed by atoms with Gasteiger partial charge in [0.1, 0.15) is 5.65 Å². The molecule has 148 valence electrons. The fourth-order valence-electron chi connectivity index (χ4n) is 3.53. The molecule has 7 nitrogen and oxygen atoms in total. The summed E-state index contributed by atoms with van der Waals surface area (Å²) in [6.07, 6.45) is 11.0. The van der Waals surface area contributed by atoms with E-state index in [1.807, 2.05) is 12.5 Å². The summed E-state index contributed by atoms with van der Waals surface area (Å²) in [4.78, 5) is 27.7. The molecule has 0 aliphatic carbocycles. The molecule has 1 amide bonds. The lowest BCUT2D eigenvalue weighted by molar-refractivity contribution is 0.102. The maximum atomic E-state index is 12.6. The lowest BCUT2D eigenvalue weighted by Crippen LogP contribution is -2.43. The van der Waals surface area contributed by atoms with E-state index < -0.39 is 0 Å². The Bertz CT molecular complexity index is 964. The smallest absolute Gasteiger partial charge is 0.257 e. The quantitative estimate of drug-likeness (QED) is 0.562. The number of rotatable bonds is 4. The number of thioether (sulfide) groups is 1. The number of amides is 1. The molecule has 1 unspecified atom stereocenters. The molecule has 28 heavy (non-hydrogen) atoms. The zero-order chi connectivity index (χ0) is 18.8. The van der Waals surface area contributed by atoms with Crippen LogP contribution in [0.2, 0.25) is 0 Å². The van der Waals surface area contributed by atoms with Crippen molar-refractivity contribution in [2.24, 2.45) is 5.73 Å². The topological polar surface area (TPSA) is 99.9 Å². The van der Waals surface area contributed by atoms with Crippen molar-refractivity contribution in [1.29, 1.82) is 0 Å². The van der Waals surface area contributed by atoms with E-state index in [-0.39, 0.29) is 24.4 Å². The zero-order valence-electron chi connectivity index (χ0n) is 15.5. The van der Waals surface area contributed by atoms with Gasteiger partial charge in [0.15, 0.2) is 0 Å². The highest BCUT2D eigenvalue weighted by Gasteiger charge is 2.24. The van der Waals surface area contributed by atoms with Crippen molar-refractivity contribution < 1.29 is 4.79 Å². The number of pyridine rings is 2. The van der Waals surface area contributed by atoms with Gasteiger partial charge >= 0.3 is 0 Å². The van der Waals surface area contributed by atoms with Gasteiger partial charge in [0.2, 0.25) is 0 Å². The van der Waals surface area contributed by atoms with Gasteiger partial charge in [-0.1, -0.05) is 0 Å². The number of aromatic nitrogens is 3. The lowest BCUT2D eigenvalue weighted by atomic mass is 10.1. The Labute approximate surface area is 173 Å². The van der Waals surface area contributed by atoms with Crippen LogP contribution in [-0.2, 0) is 0 Å². The molecule has 1 saturated heterocycles. The van der Waals surface area contributed by atoms with Crippen LogP contribution in [0.5, 0.6) is 0 Å². The molecule has 0 aromatic carbocycles. The van der Waals surface area contributed by atoms with E-state index in [1.54, 1.807) is 42.5 Å². The van der Waals surface area contributed by atoms with Gasteiger partial charge in [-0.3, -0.25) is 9.78 Å². The monoisotopic (exact) mass is 418 g/mol. The number of fused-ring (bicyclic) bond motifs is 1. The van der Waals surface area contributed by atoms with Gasteiger partial charge in [-0.05, 0) is 31.2 Å². The summed E-state index contributed by atoms with van der Waals surface area (Å²) in [6.45, 7) is 1.75. The number of carbonyl (C=O) groups is 1. The number of H-pyrrole nitrogens is 1. The summed E-state index contributed by atoms with van der Waals surface area (Å²) in [5, 5.41) is 3.93. The predicted molar refractivity (Wildman–Crippen MR) is 117 cm³/mol. The highest BCUT2D eigenvalue weighted by atomic mass is 35.5. The van der Waals surface area contributed by atoms with Gasteiger partial charge in [-0.15, -0.1) is 24.2 Å². The molecule has 0 radical (unpaired) electrons. The van der Waals surface area contributed by atoms with Crippen LogP contribution in [0.1, 0.15) is 23.2 Å². The first-order valence-corrected chi connectivity index (χ1v) is 10.2. The van der Waals surface area contributed by atoms with Crippen molar-refractivity contribution in [1.82, 2.24) is 15.0 Å². The standard InChI is InChI=1S/C19H22N6OS.ClH/c1-27-15-10-23-18-16(17(15)25-7-3-5-13(20)11-25)14(9-22-18)24-19(26)12-4-2-6-21-8-12;/h2,4,6,8-10,13H,3,5,7,11,20H2,1H3,(H,22,23)(H,24,26);1H. The summed E-state index contributed by atoms with van der Waals surface area (Å²) < 4.78 is 0. The Kier molecular flexibility index (Phi) is 6.43. The fourth-order valence-corrected chi connectivity index (χ4v) is 4.11. The molecule has 0 spiro atoms. The largest absolute Gasteiger partial charge is 0.368 e. The number of hydrogen-bond donors (Lipinski definition) is 3. The van der Waals surface area contributed by atoms with Crippen LogP contribution in [0.3, 0.4) is 0 Å². The lowest BCUT2D eigenvalue weighted by Gasteiger charge is -2.34. The summed E-state index contributed by atoms with van der Waals surface area (Å²) in [5.41, 5.74) is 9.30. The highest BCUT2D eigenvalue weighted by Crippen LogP contribution is 2.40. The normalized spacial score (nSPS) is 16.6. The molecule has 1 aliphatic rings. The molecular formula is C19H23ClN6OS. The molecule has 1 aliphatic heterocycles. The Hall–Kier alpha value is -2.29. The molecule has 9 heteroatoms. The minimum absolute atomic E-state index is 0. The van der Waals surface area contributed by atoms with Gasteiger partial charge in [0.25, 0.3) is 5.91 Å². The SMILES string of the molecule is CSc1cnc2[nH]cc(NC(=O)c3cccnc3)c2c1N1CCCC(N)C1.Cl. The summed E-state index contributed by atoms with van der Waals surface area (Å²) in [6, 6.07) is 3.65. The van der Waals surface area contributed by atoms with Crippen molar-refractivity contribution in [2.75, 3.05) is 29.6 Å². The zero-order valence-corrected chi connectivity index (χ0v) is 17.1. The Balaban J connectivity index is 0.00000225. The number of nitrogens with zero attached hydrogens (tertiary/aromatic N) is 3. The Morgan fingerprint density at radius 1 is 1.43 bits per heavy atom. The number of carbonyl (C=O) groups excluding carboxylic acids is 1. The average molecular weight is 419 g/mol. The Morgan fingerprint density at radius 3 is 3.00 bits per heavy atom. The molecule has 4 N–H and O–H groups in total. The summed E-state index contributed by atoms with van der Waals surface area (Å²) in [7, 11) is 0. The van der Waals surface area contributed by atoms with Crippen LogP contribution < -0.4 is 16.0 Å². The molecular weight excluding hydrogens is 396 g/mol. The summed E-state index contributed by atoms with van der Waals surface area (Å²) >= 11 is 1.65. The van der Waals surface area contributed by atoms with Crippen molar-refractivity contribution in [2.45, 2.75) is 23.8 Å². The Morgan fingerprint density at radius 2 is 2.29 bits per heavy atom. The first-order chi connectivity index (χ1) is 13.2. The number of halogens is 1. The second-order valence-electron chi connectivity index (χ2n) is 6.65. The van der Waals surface area contributed by atoms with E-state index in [1.165, 1.54) is 0 Å². The number of aromatic amines is 1. The average Bonchev–Trinajstić information content (AvgIpc) is 3.10. The van der Waals surface area contributed by atoms with Crippen LogP contribution in [0.15, 0.2) is 41.8 Å². The molecule has 3 aromatic rings. The van der Waals surface area contributed by atoms with Crippen molar-refractivity contribution >= 4 is 52.5 Å². The van der Waals surface area contributed by atoms with E-state index >= 15 is 0 Å². The molecule has 4 rings (SSSR count). The van der Waals surface area contributed by atoms with Gasteiger partial charge in [-0.2, -0.15) is 0 Å². The van der Waals surface area contributed by atoms with Crippen molar-refractivity contribution in [3.63, 3.8) is 0 Å². The van der Waals surface area contributed by atoms with Gasteiger partial charge < -0.3 is 20.9 Å². The van der Waals surface area contributed by atoms with E-state index in [0.717, 1.165) is 53.2 Å². The number of piperidine rings is 1. The predicted octanol–water partition coefficient (Wildman–Crippen LogP) is 3.28. The van der Waals surface area contributed by atoms with Crippen LogP contribution in [0.4, 0.5) is 11.4 Å². The maximum absolute atomic E-state index is 12.6. The molecule has 3 aromatic heterocycles. The molecule has 1 fully saturated rings. The molecule has 0 saturated carbocycles. The number of anilines is 2. The van der Waals surface area contributed by atoms with Crippen LogP contribution in [0, 0.1) is 0 Å². The van der Waals surface area contributed by atoms with E-state index in [0.29, 0.717) is 5.56 Å².